The van der Waals surface area contributed by atoms with E-state index in [1.165, 1.54) is 36.4 Å². The Kier molecular flexibility index (Phi) is 12.4. The van der Waals surface area contributed by atoms with Gasteiger partial charge in [-0.3, -0.25) is 0 Å². The van der Waals surface area contributed by atoms with Crippen LogP contribution in [0, 0.1) is 0 Å². The van der Waals surface area contributed by atoms with E-state index in [2.05, 4.69) is 44.7 Å². The molecule has 0 heterocycles. The zero-order chi connectivity index (χ0) is 20.9. The summed E-state index contributed by atoms with van der Waals surface area (Å²) in [5, 5.41) is 4.10. The Labute approximate surface area is 228 Å². The summed E-state index contributed by atoms with van der Waals surface area (Å²) in [4.78, 5) is 6.02. The molecule has 0 saturated heterocycles. The Hall–Kier alpha value is -0.400. The number of aliphatic imine (C=N–C) groups is 2. The largest absolute Gasteiger partial charge is 1.00 e. The molecule has 2 rings (SSSR count). The molecule has 2 aromatic carbocycles. The Morgan fingerprint density at radius 3 is 1.33 bits per heavy atom. The Bertz CT molecular complexity index is 1180. The Balaban J connectivity index is 0.00000420. The first-order chi connectivity index (χ1) is 13.1. The van der Waals surface area contributed by atoms with Crippen molar-refractivity contribution >= 4 is 78.5 Å². The third-order valence-corrected chi connectivity index (χ3v) is 5.29. The van der Waals surface area contributed by atoms with Crippen LogP contribution in [-0.4, -0.2) is 36.3 Å². The minimum atomic E-state index is -4.87. The summed E-state index contributed by atoms with van der Waals surface area (Å²) >= 11 is 8.87. The summed E-state index contributed by atoms with van der Waals surface area (Å²) in [6.45, 7) is 0. The van der Waals surface area contributed by atoms with Gasteiger partial charge in [-0.1, -0.05) is 24.3 Å². The van der Waals surface area contributed by atoms with E-state index in [4.69, 9.17) is 0 Å². The van der Waals surface area contributed by atoms with Crippen LogP contribution in [0.2, 0.25) is 0 Å². The second kappa shape index (κ2) is 12.6. The molecule has 0 radical (unpaired) electrons. The van der Waals surface area contributed by atoms with Gasteiger partial charge in [0.05, 0.1) is 31.5 Å². The van der Waals surface area contributed by atoms with E-state index >= 15 is 0 Å². The summed E-state index contributed by atoms with van der Waals surface area (Å²) < 4.78 is 69.1. The van der Waals surface area contributed by atoms with Crippen LogP contribution in [0.3, 0.4) is 0 Å². The minimum absolute atomic E-state index is 0. The molecule has 8 nitrogen and oxygen atoms in total. The maximum atomic E-state index is 11.5. The number of benzene rings is 2. The number of thiocarbonyl (C=S) groups is 2. The van der Waals surface area contributed by atoms with Gasteiger partial charge in [-0.25, -0.2) is 16.8 Å². The second-order valence-electron chi connectivity index (χ2n) is 5.09. The molecule has 0 spiro atoms. The van der Waals surface area contributed by atoms with E-state index in [0.717, 1.165) is 12.1 Å². The molecule has 0 unspecified atom stereocenters. The number of hydrogen-bond donors (Lipinski definition) is 0. The predicted molar refractivity (Wildman–Crippen MR) is 107 cm³/mol. The van der Waals surface area contributed by atoms with Gasteiger partial charge in [0.1, 0.15) is 20.2 Å². The monoisotopic (exact) mass is 498 g/mol. The van der Waals surface area contributed by atoms with E-state index in [1.807, 2.05) is 0 Å². The fraction of sp³-hybridized carbons (Fsp3) is 0. The van der Waals surface area contributed by atoms with Crippen molar-refractivity contribution in [1.29, 1.82) is 0 Å². The molecule has 2 aromatic rings. The zero-order valence-corrected chi connectivity index (χ0v) is 22.9. The van der Waals surface area contributed by atoms with Gasteiger partial charge >= 0.3 is 59.1 Å². The fourth-order valence-corrected chi connectivity index (χ4v) is 3.77. The quantitative estimate of drug-likeness (QED) is 0.136. The SMILES string of the molecule is O=S(=O)([O-])c1cc(N=C=S)ccc1C=Cc1ccc(N=C=S)cc1S(=O)(=O)[O-].[Na+].[Na+]. The van der Waals surface area contributed by atoms with Gasteiger partial charge < -0.3 is 9.11 Å². The van der Waals surface area contributed by atoms with Crippen molar-refractivity contribution in [2.24, 2.45) is 9.98 Å². The minimum Gasteiger partial charge on any atom is -0.744 e. The standard InChI is InChI=1S/C16H10N2O6S4.2Na/c19-27(20,21)15-7-13(17-9-25)5-3-11(15)1-2-12-4-6-14(18-10-26)8-16(12)28(22,23)24;;/h1-8H,(H,19,20,21)(H,22,23,24);;/q;2*+1/p-2. The van der Waals surface area contributed by atoms with Crippen LogP contribution >= 0.6 is 24.4 Å². The molecule has 144 valence electrons. The van der Waals surface area contributed by atoms with E-state index in [0.29, 0.717) is 0 Å². The molecule has 0 amide bonds. The topological polar surface area (TPSA) is 139 Å². The average Bonchev–Trinajstić information content (AvgIpc) is 2.60. The van der Waals surface area contributed by atoms with Gasteiger partial charge in [-0.15, -0.1) is 0 Å². The molecule has 0 saturated carbocycles. The maximum absolute atomic E-state index is 11.5. The molecule has 0 bridgehead atoms. The maximum Gasteiger partial charge on any atom is 1.00 e. The third-order valence-electron chi connectivity index (χ3n) is 3.32. The molecule has 0 N–H and O–H groups in total. The van der Waals surface area contributed by atoms with Crippen LogP contribution in [0.5, 0.6) is 0 Å². The summed E-state index contributed by atoms with van der Waals surface area (Å²) in [6, 6.07) is 7.34. The fourth-order valence-electron chi connectivity index (χ4n) is 2.18. The molecule has 0 fully saturated rings. The van der Waals surface area contributed by atoms with Crippen LogP contribution in [0.25, 0.3) is 12.2 Å². The third kappa shape index (κ3) is 8.27. The first-order valence-corrected chi connectivity index (χ1v) is 10.7. The molecule has 0 atom stereocenters. The van der Waals surface area contributed by atoms with Crippen LogP contribution in [0.1, 0.15) is 11.1 Å². The van der Waals surface area contributed by atoms with E-state index in [1.54, 1.807) is 0 Å². The van der Waals surface area contributed by atoms with Gasteiger partial charge in [0.15, 0.2) is 0 Å². The van der Waals surface area contributed by atoms with Gasteiger partial charge in [0.25, 0.3) is 0 Å². The molecule has 30 heavy (non-hydrogen) atoms. The van der Waals surface area contributed by atoms with Crippen LogP contribution in [0.4, 0.5) is 11.4 Å². The number of isothiocyanates is 2. The Morgan fingerprint density at radius 1 is 0.733 bits per heavy atom. The van der Waals surface area contributed by atoms with E-state index in [9.17, 15) is 25.9 Å². The molecule has 0 aliphatic heterocycles. The summed E-state index contributed by atoms with van der Waals surface area (Å²) in [5.41, 5.74) is 0.140. The molecule has 0 aromatic heterocycles. The van der Waals surface area contributed by atoms with Gasteiger partial charge in [-0.2, -0.15) is 9.98 Å². The van der Waals surface area contributed by atoms with E-state index in [-0.39, 0.29) is 81.6 Å². The zero-order valence-electron chi connectivity index (χ0n) is 15.6. The molecular formula is C16H8N2Na2O6S4. The average molecular weight is 498 g/mol. The first-order valence-electron chi connectivity index (χ1n) is 7.10. The normalized spacial score (nSPS) is 10.9. The number of hydrogen-bond acceptors (Lipinski definition) is 10. The molecule has 0 aliphatic carbocycles. The summed E-state index contributed by atoms with van der Waals surface area (Å²) in [5.74, 6) is 0. The molecule has 14 heteroatoms. The van der Waals surface area contributed by atoms with Gasteiger partial charge in [-0.05, 0) is 59.8 Å². The second-order valence-corrected chi connectivity index (χ2v) is 8.15. The van der Waals surface area contributed by atoms with Crippen molar-refractivity contribution in [1.82, 2.24) is 0 Å². The molecule has 0 aliphatic rings. The van der Waals surface area contributed by atoms with Crippen molar-refractivity contribution in [2.45, 2.75) is 9.79 Å². The Morgan fingerprint density at radius 2 is 1.07 bits per heavy atom. The predicted octanol–water partition coefficient (Wildman–Crippen LogP) is -2.86. The summed E-state index contributed by atoms with van der Waals surface area (Å²) in [7, 11) is -9.74. The van der Waals surface area contributed by atoms with Gasteiger partial charge in [0.2, 0.25) is 0 Å². The van der Waals surface area contributed by atoms with Crippen LogP contribution in [0.15, 0.2) is 56.2 Å². The van der Waals surface area contributed by atoms with Crippen molar-refractivity contribution in [2.75, 3.05) is 0 Å². The van der Waals surface area contributed by atoms with Crippen molar-refractivity contribution in [3.8, 4) is 0 Å². The van der Waals surface area contributed by atoms with E-state index < -0.39 is 30.0 Å². The van der Waals surface area contributed by atoms with Gasteiger partial charge in [0, 0.05) is 0 Å². The van der Waals surface area contributed by atoms with Crippen molar-refractivity contribution < 1.29 is 85.1 Å². The van der Waals surface area contributed by atoms with Crippen LogP contribution < -0.4 is 59.1 Å². The van der Waals surface area contributed by atoms with Crippen molar-refractivity contribution in [3.63, 3.8) is 0 Å². The van der Waals surface area contributed by atoms with Crippen molar-refractivity contribution in [3.05, 3.63) is 47.5 Å². The molecular weight excluding hydrogens is 490 g/mol. The smallest absolute Gasteiger partial charge is 0.744 e. The first kappa shape index (κ1) is 29.6. The number of rotatable bonds is 6. The summed E-state index contributed by atoms with van der Waals surface area (Å²) in [6.07, 6.45) is 2.36. The van der Waals surface area contributed by atoms with Crippen LogP contribution in [-0.2, 0) is 20.2 Å². The number of nitrogens with zero attached hydrogens (tertiary/aromatic N) is 2.